The lowest BCUT2D eigenvalue weighted by atomic mass is 9.86. The molecule has 1 atom stereocenters. The third-order valence-corrected chi connectivity index (χ3v) is 4.49. The highest BCUT2D eigenvalue weighted by Crippen LogP contribution is 2.25. The maximum atomic E-state index is 12.3. The van der Waals surface area contributed by atoms with Crippen LogP contribution in [-0.2, 0) is 4.79 Å². The summed E-state index contributed by atoms with van der Waals surface area (Å²) in [7, 11) is 0. The summed E-state index contributed by atoms with van der Waals surface area (Å²) >= 11 is 0. The Morgan fingerprint density at radius 3 is 2.45 bits per heavy atom. The molecular weight excluding hydrogens is 256 g/mol. The number of amides is 2. The lowest BCUT2D eigenvalue weighted by Crippen LogP contribution is -2.51. The highest BCUT2D eigenvalue weighted by molar-refractivity contribution is 5.75. The largest absolute Gasteiger partial charge is 0.481 e. The molecule has 1 saturated carbocycles. The molecule has 2 N–H and O–H groups in total. The van der Waals surface area contributed by atoms with Gasteiger partial charge in [0.05, 0.1) is 12.0 Å². The Hall–Kier alpha value is -1.52. The minimum Gasteiger partial charge on any atom is -0.481 e. The van der Waals surface area contributed by atoms with E-state index in [1.807, 2.05) is 11.0 Å². The molecule has 2 fully saturated rings. The van der Waals surface area contributed by atoms with Crippen molar-refractivity contribution in [3.05, 3.63) is 12.7 Å². The Balaban J connectivity index is 1.82. The van der Waals surface area contributed by atoms with Crippen LogP contribution in [0.5, 0.6) is 0 Å². The van der Waals surface area contributed by atoms with Gasteiger partial charge in [0.2, 0.25) is 0 Å². The predicted octanol–water partition coefficient (Wildman–Crippen LogP) is 2.38. The number of hydrogen-bond donors (Lipinski definition) is 2. The highest BCUT2D eigenvalue weighted by atomic mass is 16.4. The van der Waals surface area contributed by atoms with E-state index >= 15 is 0 Å². The molecule has 0 spiro atoms. The van der Waals surface area contributed by atoms with Crippen molar-refractivity contribution < 1.29 is 14.7 Å². The molecule has 20 heavy (non-hydrogen) atoms. The third kappa shape index (κ3) is 3.52. The number of hydrogen-bond acceptors (Lipinski definition) is 2. The topological polar surface area (TPSA) is 69.6 Å². The van der Waals surface area contributed by atoms with Crippen molar-refractivity contribution in [2.75, 3.05) is 6.54 Å². The fourth-order valence-electron chi connectivity index (χ4n) is 3.20. The van der Waals surface area contributed by atoms with Gasteiger partial charge in [0.1, 0.15) is 0 Å². The van der Waals surface area contributed by atoms with Crippen molar-refractivity contribution in [1.29, 1.82) is 0 Å². The maximum absolute atomic E-state index is 12.3. The quantitative estimate of drug-likeness (QED) is 0.780. The zero-order valence-electron chi connectivity index (χ0n) is 11.9. The van der Waals surface area contributed by atoms with E-state index in [4.69, 9.17) is 5.11 Å². The van der Waals surface area contributed by atoms with Crippen molar-refractivity contribution in [2.24, 2.45) is 5.92 Å². The molecule has 0 aromatic carbocycles. The van der Waals surface area contributed by atoms with Crippen molar-refractivity contribution in [3.63, 3.8) is 0 Å². The van der Waals surface area contributed by atoms with Crippen LogP contribution in [0.3, 0.4) is 0 Å². The van der Waals surface area contributed by atoms with Crippen LogP contribution in [0.4, 0.5) is 4.79 Å². The van der Waals surface area contributed by atoms with Crippen LogP contribution in [0, 0.1) is 5.92 Å². The first kappa shape index (κ1) is 14.9. The predicted molar refractivity (Wildman–Crippen MR) is 76.5 cm³/mol. The molecule has 5 heteroatoms. The van der Waals surface area contributed by atoms with E-state index < -0.39 is 5.97 Å². The Bertz CT molecular complexity index is 375. The van der Waals surface area contributed by atoms with Gasteiger partial charge in [-0.3, -0.25) is 4.79 Å². The number of nitrogens with one attached hydrogen (secondary N) is 1. The average molecular weight is 280 g/mol. The van der Waals surface area contributed by atoms with Gasteiger partial charge in [-0.2, -0.15) is 0 Å². The summed E-state index contributed by atoms with van der Waals surface area (Å²) in [6.45, 7) is 4.59. The van der Waals surface area contributed by atoms with Crippen LogP contribution in [0.15, 0.2) is 12.7 Å². The zero-order chi connectivity index (χ0) is 14.5. The molecule has 1 saturated heterocycles. The van der Waals surface area contributed by atoms with Gasteiger partial charge in [0.25, 0.3) is 0 Å². The summed E-state index contributed by atoms with van der Waals surface area (Å²) in [5, 5.41) is 12.0. The van der Waals surface area contributed by atoms with Gasteiger partial charge in [0.15, 0.2) is 0 Å². The number of urea groups is 1. The van der Waals surface area contributed by atoms with Gasteiger partial charge in [-0.15, -0.1) is 6.58 Å². The molecule has 2 amide bonds. The number of rotatable bonds is 3. The van der Waals surface area contributed by atoms with Crippen LogP contribution in [-0.4, -0.2) is 40.6 Å². The smallest absolute Gasteiger partial charge is 0.318 e. The van der Waals surface area contributed by atoms with Gasteiger partial charge in [-0.1, -0.05) is 6.08 Å². The van der Waals surface area contributed by atoms with Crippen LogP contribution >= 0.6 is 0 Å². The second-order valence-electron chi connectivity index (χ2n) is 5.83. The van der Waals surface area contributed by atoms with Crippen LogP contribution in [0.25, 0.3) is 0 Å². The monoisotopic (exact) mass is 280 g/mol. The molecule has 1 aliphatic carbocycles. The average Bonchev–Trinajstić information content (AvgIpc) is 2.47. The van der Waals surface area contributed by atoms with Crippen LogP contribution in [0.1, 0.15) is 44.9 Å². The molecule has 2 aliphatic rings. The molecule has 1 heterocycles. The molecule has 0 aromatic rings. The molecule has 0 radical (unpaired) electrons. The lowest BCUT2D eigenvalue weighted by molar-refractivity contribution is -0.142. The molecule has 1 unspecified atom stereocenters. The maximum Gasteiger partial charge on any atom is 0.318 e. The lowest BCUT2D eigenvalue weighted by Gasteiger charge is -2.36. The first-order chi connectivity index (χ1) is 9.61. The Morgan fingerprint density at radius 1 is 1.15 bits per heavy atom. The number of carbonyl (C=O) groups is 2. The number of nitrogens with zero attached hydrogens (tertiary/aromatic N) is 1. The highest BCUT2D eigenvalue weighted by Gasteiger charge is 2.29. The standard InChI is InChI=1S/C15H24N2O3/c1-2-13-5-3-4-10-17(13)15(20)16-12-8-6-11(7-9-12)14(18)19/h2,11-13H,1,3-10H2,(H,16,20)(H,18,19). The summed E-state index contributed by atoms with van der Waals surface area (Å²) in [5.74, 6) is -0.948. The Labute approximate surface area is 120 Å². The summed E-state index contributed by atoms with van der Waals surface area (Å²) in [6.07, 6.45) is 7.86. The van der Waals surface area contributed by atoms with E-state index in [0.717, 1.165) is 38.6 Å². The van der Waals surface area contributed by atoms with Crippen LogP contribution in [0.2, 0.25) is 0 Å². The SMILES string of the molecule is C=CC1CCCCN1C(=O)NC1CCC(C(=O)O)CC1. The van der Waals surface area contributed by atoms with Crippen LogP contribution < -0.4 is 5.32 Å². The zero-order valence-corrected chi connectivity index (χ0v) is 11.9. The molecule has 2 rings (SSSR count). The molecule has 112 valence electrons. The number of piperidine rings is 1. The van der Waals surface area contributed by atoms with E-state index in [9.17, 15) is 9.59 Å². The number of likely N-dealkylation sites (tertiary alicyclic amines) is 1. The third-order valence-electron chi connectivity index (χ3n) is 4.49. The first-order valence-electron chi connectivity index (χ1n) is 7.54. The second kappa shape index (κ2) is 6.77. The van der Waals surface area contributed by atoms with Gasteiger partial charge in [0, 0.05) is 12.6 Å². The van der Waals surface area contributed by atoms with E-state index in [1.165, 1.54) is 0 Å². The van der Waals surface area contributed by atoms with Crippen molar-refractivity contribution in [3.8, 4) is 0 Å². The molecule has 5 nitrogen and oxygen atoms in total. The molecule has 0 aromatic heterocycles. The fraction of sp³-hybridized carbons (Fsp3) is 0.733. The van der Waals surface area contributed by atoms with E-state index in [-0.39, 0.29) is 24.0 Å². The number of carbonyl (C=O) groups excluding carboxylic acids is 1. The minimum absolute atomic E-state index is 0.0200. The normalized spacial score (nSPS) is 30.6. The van der Waals surface area contributed by atoms with Gasteiger partial charge >= 0.3 is 12.0 Å². The van der Waals surface area contributed by atoms with Crippen molar-refractivity contribution in [2.45, 2.75) is 57.0 Å². The number of carboxylic acids is 1. The van der Waals surface area contributed by atoms with Gasteiger partial charge in [-0.05, 0) is 44.9 Å². The number of carboxylic acid groups (broad SMARTS) is 1. The van der Waals surface area contributed by atoms with Crippen molar-refractivity contribution >= 4 is 12.0 Å². The van der Waals surface area contributed by atoms with Gasteiger partial charge < -0.3 is 15.3 Å². The fourth-order valence-corrected chi connectivity index (χ4v) is 3.20. The first-order valence-corrected chi connectivity index (χ1v) is 7.54. The summed E-state index contributed by atoms with van der Waals surface area (Å²) in [4.78, 5) is 25.1. The molecule has 1 aliphatic heterocycles. The van der Waals surface area contributed by atoms with E-state index in [0.29, 0.717) is 12.8 Å². The Morgan fingerprint density at radius 2 is 1.85 bits per heavy atom. The minimum atomic E-state index is -0.711. The Kier molecular flexibility index (Phi) is 5.04. The second-order valence-corrected chi connectivity index (χ2v) is 5.83. The van der Waals surface area contributed by atoms with E-state index in [1.54, 1.807) is 0 Å². The van der Waals surface area contributed by atoms with Gasteiger partial charge in [-0.25, -0.2) is 4.79 Å². The summed E-state index contributed by atoms with van der Waals surface area (Å²) in [5.41, 5.74) is 0. The van der Waals surface area contributed by atoms with Crippen molar-refractivity contribution in [1.82, 2.24) is 10.2 Å². The molecule has 0 bridgehead atoms. The summed E-state index contributed by atoms with van der Waals surface area (Å²) in [6, 6.07) is 0.234. The number of aliphatic carboxylic acids is 1. The van der Waals surface area contributed by atoms with E-state index in [2.05, 4.69) is 11.9 Å². The molecular formula is C15H24N2O3. The summed E-state index contributed by atoms with van der Waals surface area (Å²) < 4.78 is 0.